The molecular formula is C17H15BrN2O2. The summed E-state index contributed by atoms with van der Waals surface area (Å²) in [5, 5.41) is 3.95. The number of carbonyl (C=O) groups excluding carboxylic acids is 1. The lowest BCUT2D eigenvalue weighted by atomic mass is 10.2. The Hall–Kier alpha value is -2.40. The molecule has 5 heteroatoms. The Kier molecular flexibility index (Phi) is 5.91. The van der Waals surface area contributed by atoms with Gasteiger partial charge < -0.3 is 4.74 Å². The fourth-order valence-electron chi connectivity index (χ4n) is 1.68. The van der Waals surface area contributed by atoms with Crippen molar-refractivity contribution >= 4 is 28.1 Å². The Morgan fingerprint density at radius 2 is 2.05 bits per heavy atom. The van der Waals surface area contributed by atoms with Crippen molar-refractivity contribution in [3.63, 3.8) is 0 Å². The van der Waals surface area contributed by atoms with E-state index in [-0.39, 0.29) is 5.91 Å². The maximum Gasteiger partial charge on any atom is 0.271 e. The molecule has 22 heavy (non-hydrogen) atoms. The molecule has 1 N–H and O–H groups in total. The van der Waals surface area contributed by atoms with Gasteiger partial charge in [-0.2, -0.15) is 5.10 Å². The molecule has 0 bridgehead atoms. The number of benzene rings is 2. The minimum absolute atomic E-state index is 0.248. The monoisotopic (exact) mass is 358 g/mol. The van der Waals surface area contributed by atoms with E-state index in [0.29, 0.717) is 12.2 Å². The molecule has 2 rings (SSSR count). The molecule has 0 fully saturated rings. The topological polar surface area (TPSA) is 50.7 Å². The second-order valence-corrected chi connectivity index (χ2v) is 5.21. The highest BCUT2D eigenvalue weighted by Gasteiger charge is 2.03. The summed E-state index contributed by atoms with van der Waals surface area (Å²) < 4.78 is 6.27. The fraction of sp³-hybridized carbons (Fsp3) is 0.0588. The van der Waals surface area contributed by atoms with Crippen molar-refractivity contribution in [3.8, 4) is 5.75 Å². The largest absolute Gasteiger partial charge is 0.488 e. The van der Waals surface area contributed by atoms with Crippen LogP contribution in [0.3, 0.4) is 0 Å². The van der Waals surface area contributed by atoms with Gasteiger partial charge in [0, 0.05) is 5.56 Å². The highest BCUT2D eigenvalue weighted by Crippen LogP contribution is 2.25. The van der Waals surface area contributed by atoms with Crippen LogP contribution >= 0.6 is 15.9 Å². The van der Waals surface area contributed by atoms with Crippen LogP contribution in [0.25, 0.3) is 0 Å². The molecule has 2 aromatic carbocycles. The molecule has 0 aliphatic rings. The first-order chi connectivity index (χ1) is 10.7. The summed E-state index contributed by atoms with van der Waals surface area (Å²) >= 11 is 3.43. The third kappa shape index (κ3) is 4.56. The zero-order valence-corrected chi connectivity index (χ0v) is 13.4. The molecule has 0 aliphatic heterocycles. The molecule has 0 heterocycles. The smallest absolute Gasteiger partial charge is 0.271 e. The standard InChI is InChI=1S/C17H15BrN2O2/c1-2-10-22-16-9-8-13(11-15(16)18)12-19-20-17(21)14-6-4-3-5-7-14/h2-9,11-12H,1,10H2,(H,20,21)/b19-12-. The Morgan fingerprint density at radius 3 is 2.73 bits per heavy atom. The molecular weight excluding hydrogens is 344 g/mol. The molecule has 2 aromatic rings. The van der Waals surface area contributed by atoms with E-state index in [4.69, 9.17) is 4.74 Å². The first kappa shape index (κ1) is 16.0. The van der Waals surface area contributed by atoms with Gasteiger partial charge in [0.15, 0.2) is 0 Å². The third-order valence-electron chi connectivity index (χ3n) is 2.73. The van der Waals surface area contributed by atoms with Crippen LogP contribution in [0.4, 0.5) is 0 Å². The molecule has 0 saturated carbocycles. The minimum atomic E-state index is -0.248. The van der Waals surface area contributed by atoms with Crippen molar-refractivity contribution in [2.45, 2.75) is 0 Å². The zero-order valence-electron chi connectivity index (χ0n) is 11.8. The second kappa shape index (κ2) is 8.14. The Balaban J connectivity index is 1.97. The first-order valence-corrected chi connectivity index (χ1v) is 7.41. The Labute approximate surface area is 137 Å². The van der Waals surface area contributed by atoms with Crippen LogP contribution in [0.15, 0.2) is 70.8 Å². The summed E-state index contributed by atoms with van der Waals surface area (Å²) in [7, 11) is 0. The summed E-state index contributed by atoms with van der Waals surface area (Å²) in [4.78, 5) is 11.8. The highest BCUT2D eigenvalue weighted by atomic mass is 79.9. The maximum atomic E-state index is 11.8. The number of halogens is 1. The first-order valence-electron chi connectivity index (χ1n) is 6.62. The fourth-order valence-corrected chi connectivity index (χ4v) is 2.19. The molecule has 0 unspecified atom stereocenters. The number of nitrogens with zero attached hydrogens (tertiary/aromatic N) is 1. The number of rotatable bonds is 6. The van der Waals surface area contributed by atoms with E-state index in [1.165, 1.54) is 0 Å². The quantitative estimate of drug-likeness (QED) is 0.485. The number of carbonyl (C=O) groups is 1. The third-order valence-corrected chi connectivity index (χ3v) is 3.35. The molecule has 0 saturated heterocycles. The lowest BCUT2D eigenvalue weighted by Crippen LogP contribution is -2.17. The number of hydrogen-bond donors (Lipinski definition) is 1. The lowest BCUT2D eigenvalue weighted by Gasteiger charge is -2.06. The van der Waals surface area contributed by atoms with E-state index in [9.17, 15) is 4.79 Å². The van der Waals surface area contributed by atoms with Crippen molar-refractivity contribution in [3.05, 3.63) is 76.8 Å². The molecule has 0 radical (unpaired) electrons. The van der Waals surface area contributed by atoms with Gasteiger partial charge >= 0.3 is 0 Å². The number of hydrazone groups is 1. The second-order valence-electron chi connectivity index (χ2n) is 4.35. The van der Waals surface area contributed by atoms with E-state index in [2.05, 4.69) is 33.0 Å². The SMILES string of the molecule is C=CCOc1ccc(/C=N\NC(=O)c2ccccc2)cc1Br. The van der Waals surface area contributed by atoms with Crippen LogP contribution in [-0.4, -0.2) is 18.7 Å². The van der Waals surface area contributed by atoms with E-state index in [1.54, 1.807) is 36.6 Å². The Morgan fingerprint density at radius 1 is 1.27 bits per heavy atom. The lowest BCUT2D eigenvalue weighted by molar-refractivity contribution is 0.0955. The van der Waals surface area contributed by atoms with Crippen LogP contribution in [0.2, 0.25) is 0 Å². The number of ether oxygens (including phenoxy) is 1. The van der Waals surface area contributed by atoms with E-state index < -0.39 is 0 Å². The summed E-state index contributed by atoms with van der Waals surface area (Å²) in [6.45, 7) is 4.05. The minimum Gasteiger partial charge on any atom is -0.488 e. The van der Waals surface area contributed by atoms with Gasteiger partial charge in [-0.05, 0) is 51.8 Å². The Bertz CT molecular complexity index is 684. The van der Waals surface area contributed by atoms with Crippen LogP contribution in [0, 0.1) is 0 Å². The predicted molar refractivity (Wildman–Crippen MR) is 91.3 cm³/mol. The number of nitrogens with one attached hydrogen (secondary N) is 1. The molecule has 0 atom stereocenters. The number of amides is 1. The maximum absolute atomic E-state index is 11.8. The van der Waals surface area contributed by atoms with Crippen LogP contribution < -0.4 is 10.2 Å². The average Bonchev–Trinajstić information content (AvgIpc) is 2.55. The van der Waals surface area contributed by atoms with Crippen LogP contribution in [0.1, 0.15) is 15.9 Å². The van der Waals surface area contributed by atoms with Gasteiger partial charge in [0.05, 0.1) is 10.7 Å². The summed E-state index contributed by atoms with van der Waals surface area (Å²) in [5.41, 5.74) is 3.89. The summed E-state index contributed by atoms with van der Waals surface area (Å²) in [6.07, 6.45) is 3.25. The van der Waals surface area contributed by atoms with Crippen molar-refractivity contribution in [1.29, 1.82) is 0 Å². The normalized spacial score (nSPS) is 10.4. The zero-order chi connectivity index (χ0) is 15.8. The van der Waals surface area contributed by atoms with Gasteiger partial charge in [0.2, 0.25) is 0 Å². The van der Waals surface area contributed by atoms with E-state index >= 15 is 0 Å². The number of hydrogen-bond acceptors (Lipinski definition) is 3. The van der Waals surface area contributed by atoms with Crippen molar-refractivity contribution in [2.24, 2.45) is 5.10 Å². The molecule has 0 aliphatic carbocycles. The van der Waals surface area contributed by atoms with Gasteiger partial charge in [0.1, 0.15) is 12.4 Å². The van der Waals surface area contributed by atoms with Crippen LogP contribution in [-0.2, 0) is 0 Å². The molecule has 0 aromatic heterocycles. The summed E-state index contributed by atoms with van der Waals surface area (Å²) in [5.74, 6) is 0.479. The average molecular weight is 359 g/mol. The van der Waals surface area contributed by atoms with Gasteiger partial charge in [-0.15, -0.1) is 0 Å². The van der Waals surface area contributed by atoms with E-state index in [1.807, 2.05) is 24.3 Å². The van der Waals surface area contributed by atoms with Crippen molar-refractivity contribution in [2.75, 3.05) is 6.61 Å². The van der Waals surface area contributed by atoms with Gasteiger partial charge in [-0.3, -0.25) is 4.79 Å². The molecule has 4 nitrogen and oxygen atoms in total. The molecule has 112 valence electrons. The van der Waals surface area contributed by atoms with Gasteiger partial charge in [0.25, 0.3) is 5.91 Å². The van der Waals surface area contributed by atoms with Crippen molar-refractivity contribution in [1.82, 2.24) is 5.43 Å². The van der Waals surface area contributed by atoms with Gasteiger partial charge in [-0.25, -0.2) is 5.43 Å². The van der Waals surface area contributed by atoms with Crippen molar-refractivity contribution < 1.29 is 9.53 Å². The van der Waals surface area contributed by atoms with E-state index in [0.717, 1.165) is 15.8 Å². The molecule has 0 spiro atoms. The van der Waals surface area contributed by atoms with Gasteiger partial charge in [-0.1, -0.05) is 30.9 Å². The molecule has 1 amide bonds. The highest BCUT2D eigenvalue weighted by molar-refractivity contribution is 9.10. The van der Waals surface area contributed by atoms with Crippen LogP contribution in [0.5, 0.6) is 5.75 Å². The summed E-state index contributed by atoms with van der Waals surface area (Å²) in [6, 6.07) is 14.5. The predicted octanol–water partition coefficient (Wildman–Crippen LogP) is 3.78.